The van der Waals surface area contributed by atoms with Crippen LogP contribution in [0.3, 0.4) is 0 Å². The Morgan fingerprint density at radius 3 is 2.78 bits per heavy atom. The molecule has 2 aromatic heterocycles. The average Bonchev–Trinajstić information content (AvgIpc) is 2.98. The van der Waals surface area contributed by atoms with Gasteiger partial charge in [0.1, 0.15) is 5.75 Å². The van der Waals surface area contributed by atoms with Gasteiger partial charge in [-0.15, -0.1) is 10.2 Å². The van der Waals surface area contributed by atoms with Crippen LogP contribution in [0.5, 0.6) is 5.75 Å². The highest BCUT2D eigenvalue weighted by Crippen LogP contribution is 2.15. The van der Waals surface area contributed by atoms with E-state index in [0.29, 0.717) is 18.3 Å². The van der Waals surface area contributed by atoms with Crippen molar-refractivity contribution in [1.29, 1.82) is 0 Å². The molecule has 0 fully saturated rings. The van der Waals surface area contributed by atoms with E-state index in [1.807, 2.05) is 60.0 Å². The summed E-state index contributed by atoms with van der Waals surface area (Å²) in [4.78, 5) is 0. The molecule has 0 amide bonds. The monoisotopic (exact) mass is 327 g/mol. The lowest BCUT2D eigenvalue weighted by molar-refractivity contribution is 0.340. The molecule has 2 heterocycles. The number of hydrogen-bond donors (Lipinski definition) is 2. The minimum Gasteiger partial charge on any atom is -0.494 e. The molecule has 0 aliphatic heterocycles. The Morgan fingerprint density at radius 2 is 2.00 bits per heavy atom. The largest absolute Gasteiger partial charge is 0.494 e. The maximum atomic E-state index is 5.41. The Bertz CT molecular complexity index is 800. The van der Waals surface area contributed by atoms with E-state index in [0.717, 1.165) is 22.9 Å². The fourth-order valence-electron chi connectivity index (χ4n) is 2.15. The lowest BCUT2D eigenvalue weighted by atomic mass is 10.3. The first kappa shape index (κ1) is 15.2. The third-order valence-electron chi connectivity index (χ3n) is 3.21. The first-order valence-corrected chi connectivity index (χ1v) is 7.73. The Labute approximate surface area is 139 Å². The van der Waals surface area contributed by atoms with Crippen LogP contribution < -0.4 is 15.4 Å². The van der Waals surface area contributed by atoms with E-state index in [1.54, 1.807) is 0 Å². The van der Waals surface area contributed by atoms with Crippen LogP contribution in [0, 0.1) is 0 Å². The van der Waals surface area contributed by atoms with Crippen LogP contribution in [-0.4, -0.2) is 26.3 Å². The lowest BCUT2D eigenvalue weighted by Crippen LogP contribution is -2.28. The third kappa shape index (κ3) is 3.75. The van der Waals surface area contributed by atoms with Gasteiger partial charge in [-0.25, -0.2) is 0 Å². The molecule has 0 unspecified atom stereocenters. The quantitative estimate of drug-likeness (QED) is 0.703. The first-order chi connectivity index (χ1) is 11.3. The van der Waals surface area contributed by atoms with Gasteiger partial charge in [0.2, 0.25) is 0 Å². The molecule has 0 atom stereocenters. The van der Waals surface area contributed by atoms with Crippen molar-refractivity contribution >= 4 is 28.7 Å². The maximum Gasteiger partial charge on any atom is 0.171 e. The molecule has 0 radical (unpaired) electrons. The normalized spacial score (nSPS) is 10.5. The lowest BCUT2D eigenvalue weighted by Gasteiger charge is -2.10. The summed E-state index contributed by atoms with van der Waals surface area (Å²) in [6.45, 7) is 3.10. The van der Waals surface area contributed by atoms with Gasteiger partial charge in [0, 0.05) is 11.9 Å². The number of hydrogen-bond acceptors (Lipinski definition) is 4. The SMILES string of the molecule is CCOc1ccc(NC(=S)NCc2nnc3ccccn23)cc1. The zero-order chi connectivity index (χ0) is 16.1. The number of pyridine rings is 1. The maximum absolute atomic E-state index is 5.41. The van der Waals surface area contributed by atoms with Crippen molar-refractivity contribution in [1.82, 2.24) is 19.9 Å². The fourth-order valence-corrected chi connectivity index (χ4v) is 2.34. The number of thiocarbonyl (C=S) groups is 1. The molecule has 0 bridgehead atoms. The highest BCUT2D eigenvalue weighted by Gasteiger charge is 2.05. The zero-order valence-electron chi connectivity index (χ0n) is 12.7. The molecule has 3 rings (SSSR count). The van der Waals surface area contributed by atoms with Gasteiger partial charge in [-0.3, -0.25) is 4.40 Å². The predicted octanol–water partition coefficient (Wildman–Crippen LogP) is 2.61. The summed E-state index contributed by atoms with van der Waals surface area (Å²) in [6, 6.07) is 13.4. The van der Waals surface area contributed by atoms with E-state index in [1.165, 1.54) is 0 Å². The van der Waals surface area contributed by atoms with Gasteiger partial charge in [-0.2, -0.15) is 0 Å². The minimum atomic E-state index is 0.494. The molecular weight excluding hydrogens is 310 g/mol. The van der Waals surface area contributed by atoms with Crippen molar-refractivity contribution < 1.29 is 4.74 Å². The summed E-state index contributed by atoms with van der Waals surface area (Å²) in [5.74, 6) is 1.64. The van der Waals surface area contributed by atoms with Crippen LogP contribution in [-0.2, 0) is 6.54 Å². The standard InChI is InChI=1S/C16H17N5OS/c1-2-22-13-8-6-12(7-9-13)18-16(23)17-11-15-20-19-14-5-3-4-10-21(14)15/h3-10H,2,11H2,1H3,(H2,17,18,23). The van der Waals surface area contributed by atoms with Crippen molar-refractivity contribution in [3.05, 3.63) is 54.5 Å². The van der Waals surface area contributed by atoms with Gasteiger partial charge in [-0.05, 0) is 55.5 Å². The highest BCUT2D eigenvalue weighted by molar-refractivity contribution is 7.80. The number of nitrogens with one attached hydrogen (secondary N) is 2. The van der Waals surface area contributed by atoms with Crippen LogP contribution in [0.15, 0.2) is 48.7 Å². The Kier molecular flexibility index (Phi) is 4.68. The summed E-state index contributed by atoms with van der Waals surface area (Å²) in [5, 5.41) is 15.0. The van der Waals surface area contributed by atoms with Gasteiger partial charge in [0.25, 0.3) is 0 Å². The Hall–Kier alpha value is -2.67. The molecule has 0 saturated carbocycles. The van der Waals surface area contributed by atoms with E-state index in [9.17, 15) is 0 Å². The number of rotatable bonds is 5. The van der Waals surface area contributed by atoms with Crippen LogP contribution in [0.1, 0.15) is 12.7 Å². The average molecular weight is 327 g/mol. The van der Waals surface area contributed by atoms with Crippen LogP contribution in [0.2, 0.25) is 0 Å². The van der Waals surface area contributed by atoms with Gasteiger partial charge in [-0.1, -0.05) is 6.07 Å². The second-order valence-corrected chi connectivity index (χ2v) is 5.22. The van der Waals surface area contributed by atoms with Gasteiger partial charge in [0.05, 0.1) is 13.2 Å². The topological polar surface area (TPSA) is 63.5 Å². The molecular formula is C16H17N5OS. The number of ether oxygens (including phenoxy) is 1. The van der Waals surface area contributed by atoms with Gasteiger partial charge in [0.15, 0.2) is 16.6 Å². The highest BCUT2D eigenvalue weighted by atomic mass is 32.1. The summed E-state index contributed by atoms with van der Waals surface area (Å²) >= 11 is 5.31. The number of fused-ring (bicyclic) bond motifs is 1. The predicted molar refractivity (Wildman–Crippen MR) is 93.7 cm³/mol. The van der Waals surface area contributed by atoms with E-state index in [4.69, 9.17) is 17.0 Å². The molecule has 23 heavy (non-hydrogen) atoms. The molecule has 118 valence electrons. The van der Waals surface area contributed by atoms with Gasteiger partial charge >= 0.3 is 0 Å². The number of anilines is 1. The van der Waals surface area contributed by atoms with Crippen molar-refractivity contribution in [2.24, 2.45) is 0 Å². The number of aromatic nitrogens is 3. The van der Waals surface area contributed by atoms with E-state index >= 15 is 0 Å². The van der Waals surface area contributed by atoms with E-state index in [2.05, 4.69) is 20.8 Å². The van der Waals surface area contributed by atoms with E-state index < -0.39 is 0 Å². The Balaban J connectivity index is 1.57. The van der Waals surface area contributed by atoms with Crippen molar-refractivity contribution in [2.75, 3.05) is 11.9 Å². The smallest absolute Gasteiger partial charge is 0.171 e. The molecule has 1 aromatic carbocycles. The molecule has 0 aliphatic rings. The summed E-state index contributed by atoms with van der Waals surface area (Å²) in [6.07, 6.45) is 1.93. The van der Waals surface area contributed by atoms with Gasteiger partial charge < -0.3 is 15.4 Å². The van der Waals surface area contributed by atoms with Crippen LogP contribution in [0.4, 0.5) is 5.69 Å². The summed E-state index contributed by atoms with van der Waals surface area (Å²) in [5.41, 5.74) is 1.71. The molecule has 0 spiro atoms. The summed E-state index contributed by atoms with van der Waals surface area (Å²) in [7, 11) is 0. The van der Waals surface area contributed by atoms with Crippen molar-refractivity contribution in [3.8, 4) is 5.75 Å². The second kappa shape index (κ2) is 7.06. The first-order valence-electron chi connectivity index (χ1n) is 7.32. The van der Waals surface area contributed by atoms with Crippen LogP contribution >= 0.6 is 12.2 Å². The fraction of sp³-hybridized carbons (Fsp3) is 0.188. The summed E-state index contributed by atoms with van der Waals surface area (Å²) < 4.78 is 7.33. The number of nitrogens with zero attached hydrogens (tertiary/aromatic N) is 3. The molecule has 0 saturated heterocycles. The molecule has 6 nitrogen and oxygen atoms in total. The molecule has 0 aliphatic carbocycles. The number of benzene rings is 1. The zero-order valence-corrected chi connectivity index (χ0v) is 13.5. The van der Waals surface area contributed by atoms with E-state index in [-0.39, 0.29) is 0 Å². The second-order valence-electron chi connectivity index (χ2n) is 4.81. The molecule has 3 aromatic rings. The Morgan fingerprint density at radius 1 is 1.17 bits per heavy atom. The molecule has 7 heteroatoms. The minimum absolute atomic E-state index is 0.494. The van der Waals surface area contributed by atoms with Crippen molar-refractivity contribution in [2.45, 2.75) is 13.5 Å². The third-order valence-corrected chi connectivity index (χ3v) is 3.46. The molecule has 2 N–H and O–H groups in total. The van der Waals surface area contributed by atoms with Crippen molar-refractivity contribution in [3.63, 3.8) is 0 Å². The van der Waals surface area contributed by atoms with Crippen LogP contribution in [0.25, 0.3) is 5.65 Å².